The quantitative estimate of drug-likeness (QED) is 0.887. The molecule has 0 aliphatic carbocycles. The van der Waals surface area contributed by atoms with Crippen LogP contribution < -0.4 is 11.1 Å². The second-order valence-electron chi connectivity index (χ2n) is 5.95. The maximum Gasteiger partial charge on any atom is 0.238 e. The molecule has 1 aliphatic heterocycles. The number of nitrogens with two attached hydrogens (primary N) is 1. The van der Waals surface area contributed by atoms with Crippen LogP contribution in [0.1, 0.15) is 30.9 Å². The number of piperidine rings is 1. The second-order valence-corrected chi connectivity index (χ2v) is 5.95. The number of carbonyl (C=O) groups excluding carboxylic acids is 1. The predicted molar refractivity (Wildman–Crippen MR) is 82.8 cm³/mol. The molecule has 4 heteroatoms. The topological polar surface area (TPSA) is 58.4 Å². The zero-order valence-electron chi connectivity index (χ0n) is 12.6. The van der Waals surface area contributed by atoms with Gasteiger partial charge in [-0.15, -0.1) is 0 Å². The zero-order valence-corrected chi connectivity index (χ0v) is 12.6. The second kappa shape index (κ2) is 6.37. The van der Waals surface area contributed by atoms with E-state index in [0.29, 0.717) is 12.6 Å². The van der Waals surface area contributed by atoms with Gasteiger partial charge < -0.3 is 11.1 Å². The van der Waals surface area contributed by atoms with E-state index in [-0.39, 0.29) is 11.9 Å². The van der Waals surface area contributed by atoms with E-state index in [0.717, 1.165) is 25.1 Å². The number of anilines is 1. The van der Waals surface area contributed by atoms with Crippen molar-refractivity contribution in [2.75, 3.05) is 18.4 Å². The molecule has 0 aromatic heterocycles. The molecule has 1 amide bonds. The summed E-state index contributed by atoms with van der Waals surface area (Å²) >= 11 is 0. The van der Waals surface area contributed by atoms with Gasteiger partial charge in [0, 0.05) is 24.3 Å². The summed E-state index contributed by atoms with van der Waals surface area (Å²) in [6.07, 6.45) is 1.94. The molecule has 1 aliphatic rings. The summed E-state index contributed by atoms with van der Waals surface area (Å²) in [4.78, 5) is 14.3. The molecule has 1 heterocycles. The van der Waals surface area contributed by atoms with Crippen LogP contribution >= 0.6 is 0 Å². The number of nitrogens with zero attached hydrogens (tertiary/aromatic N) is 1. The molecule has 0 spiro atoms. The van der Waals surface area contributed by atoms with E-state index in [1.54, 1.807) is 0 Å². The van der Waals surface area contributed by atoms with Crippen LogP contribution in [-0.4, -0.2) is 36.0 Å². The summed E-state index contributed by atoms with van der Waals surface area (Å²) in [7, 11) is 0. The monoisotopic (exact) mass is 275 g/mol. The van der Waals surface area contributed by atoms with E-state index in [9.17, 15) is 4.79 Å². The van der Waals surface area contributed by atoms with E-state index in [2.05, 4.69) is 31.0 Å². The highest BCUT2D eigenvalue weighted by atomic mass is 16.2. The van der Waals surface area contributed by atoms with Gasteiger partial charge in [0.15, 0.2) is 0 Å². The summed E-state index contributed by atoms with van der Waals surface area (Å²) in [5.74, 6) is 0.0515. The minimum atomic E-state index is 0.0515. The van der Waals surface area contributed by atoms with E-state index >= 15 is 0 Å². The van der Waals surface area contributed by atoms with Crippen LogP contribution in [0.15, 0.2) is 18.2 Å². The number of carbonyl (C=O) groups is 1. The first-order chi connectivity index (χ1) is 9.45. The number of likely N-dealkylation sites (tertiary alicyclic amines) is 1. The Labute approximate surface area is 121 Å². The minimum absolute atomic E-state index is 0.0515. The smallest absolute Gasteiger partial charge is 0.238 e. The molecule has 2 unspecified atom stereocenters. The molecule has 2 atom stereocenters. The standard InChI is InChI=1S/C16H25N3O/c1-11-4-5-15(8-12(11)2)18-16(20)10-19-7-6-14(17)9-13(19)3/h4-5,8,13-14H,6-7,9-10,17H2,1-3H3,(H,18,20). The SMILES string of the molecule is Cc1ccc(NC(=O)CN2CCC(N)CC2C)cc1C. The molecule has 110 valence electrons. The Bertz CT molecular complexity index is 487. The third-order valence-electron chi connectivity index (χ3n) is 4.19. The lowest BCUT2D eigenvalue weighted by atomic mass is 9.99. The van der Waals surface area contributed by atoms with Crippen LogP contribution in [0.4, 0.5) is 5.69 Å². The van der Waals surface area contributed by atoms with Gasteiger partial charge in [-0.1, -0.05) is 6.07 Å². The molecular weight excluding hydrogens is 250 g/mol. The molecule has 0 saturated carbocycles. The fraction of sp³-hybridized carbons (Fsp3) is 0.562. The molecule has 0 bridgehead atoms. The lowest BCUT2D eigenvalue weighted by Crippen LogP contribution is -2.48. The van der Waals surface area contributed by atoms with Gasteiger partial charge in [0.05, 0.1) is 6.54 Å². The summed E-state index contributed by atoms with van der Waals surface area (Å²) in [5, 5.41) is 2.98. The molecule has 1 aromatic rings. The van der Waals surface area contributed by atoms with Gasteiger partial charge in [-0.05, 0) is 56.9 Å². The van der Waals surface area contributed by atoms with Crippen LogP contribution in [0, 0.1) is 13.8 Å². The van der Waals surface area contributed by atoms with Crippen molar-refractivity contribution >= 4 is 11.6 Å². The van der Waals surface area contributed by atoms with E-state index < -0.39 is 0 Å². The summed E-state index contributed by atoms with van der Waals surface area (Å²) in [6, 6.07) is 6.67. The van der Waals surface area contributed by atoms with Crippen molar-refractivity contribution < 1.29 is 4.79 Å². The number of amides is 1. The van der Waals surface area contributed by atoms with Gasteiger partial charge in [-0.3, -0.25) is 9.69 Å². The summed E-state index contributed by atoms with van der Waals surface area (Å²) < 4.78 is 0. The van der Waals surface area contributed by atoms with Gasteiger partial charge in [-0.2, -0.15) is 0 Å². The average Bonchev–Trinajstić information content (AvgIpc) is 2.37. The summed E-state index contributed by atoms with van der Waals surface area (Å²) in [5.41, 5.74) is 9.25. The number of aryl methyl sites for hydroxylation is 2. The first kappa shape index (κ1) is 15.0. The molecule has 1 aromatic carbocycles. The van der Waals surface area contributed by atoms with E-state index in [1.807, 2.05) is 18.2 Å². The molecule has 0 radical (unpaired) electrons. The van der Waals surface area contributed by atoms with Crippen LogP contribution in [0.3, 0.4) is 0 Å². The van der Waals surface area contributed by atoms with Crippen molar-refractivity contribution in [2.24, 2.45) is 5.73 Å². The van der Waals surface area contributed by atoms with Gasteiger partial charge >= 0.3 is 0 Å². The molecule has 2 rings (SSSR count). The van der Waals surface area contributed by atoms with Crippen molar-refractivity contribution in [3.05, 3.63) is 29.3 Å². The minimum Gasteiger partial charge on any atom is -0.328 e. The van der Waals surface area contributed by atoms with Crippen LogP contribution in [0.2, 0.25) is 0 Å². The molecule has 4 nitrogen and oxygen atoms in total. The Kier molecular flexibility index (Phi) is 4.78. The largest absolute Gasteiger partial charge is 0.328 e. The van der Waals surface area contributed by atoms with Crippen LogP contribution in [0.5, 0.6) is 0 Å². The van der Waals surface area contributed by atoms with Crippen molar-refractivity contribution in [3.8, 4) is 0 Å². The summed E-state index contributed by atoms with van der Waals surface area (Å²) in [6.45, 7) is 7.62. The van der Waals surface area contributed by atoms with Crippen molar-refractivity contribution in [3.63, 3.8) is 0 Å². The normalized spacial score (nSPS) is 23.6. The molecule has 20 heavy (non-hydrogen) atoms. The molecule has 3 N–H and O–H groups in total. The van der Waals surface area contributed by atoms with E-state index in [1.165, 1.54) is 11.1 Å². The highest BCUT2D eigenvalue weighted by Crippen LogP contribution is 2.17. The van der Waals surface area contributed by atoms with Crippen molar-refractivity contribution in [1.82, 2.24) is 4.90 Å². The highest BCUT2D eigenvalue weighted by Gasteiger charge is 2.24. The van der Waals surface area contributed by atoms with E-state index in [4.69, 9.17) is 5.73 Å². The maximum atomic E-state index is 12.1. The molecule has 1 fully saturated rings. The number of hydrogen-bond donors (Lipinski definition) is 2. The van der Waals surface area contributed by atoms with Gasteiger partial charge in [0.25, 0.3) is 0 Å². The van der Waals surface area contributed by atoms with Crippen molar-refractivity contribution in [2.45, 2.75) is 45.7 Å². The average molecular weight is 275 g/mol. The third-order valence-corrected chi connectivity index (χ3v) is 4.19. The fourth-order valence-electron chi connectivity index (χ4n) is 2.70. The maximum absolute atomic E-state index is 12.1. The lowest BCUT2D eigenvalue weighted by molar-refractivity contribution is -0.118. The molecule has 1 saturated heterocycles. The van der Waals surface area contributed by atoms with Gasteiger partial charge in [-0.25, -0.2) is 0 Å². The van der Waals surface area contributed by atoms with Gasteiger partial charge in [0.2, 0.25) is 5.91 Å². The number of hydrogen-bond acceptors (Lipinski definition) is 3. The van der Waals surface area contributed by atoms with Crippen molar-refractivity contribution in [1.29, 1.82) is 0 Å². The van der Waals surface area contributed by atoms with Crippen LogP contribution in [0.25, 0.3) is 0 Å². The Morgan fingerprint density at radius 1 is 1.40 bits per heavy atom. The number of benzene rings is 1. The van der Waals surface area contributed by atoms with Crippen LogP contribution in [-0.2, 0) is 4.79 Å². The number of nitrogens with one attached hydrogen (secondary N) is 1. The first-order valence-corrected chi connectivity index (χ1v) is 7.32. The molecular formula is C16H25N3O. The van der Waals surface area contributed by atoms with Gasteiger partial charge in [0.1, 0.15) is 0 Å². The third kappa shape index (κ3) is 3.81. The first-order valence-electron chi connectivity index (χ1n) is 7.32. The predicted octanol–water partition coefficient (Wildman–Crippen LogP) is 2.05. The lowest BCUT2D eigenvalue weighted by Gasteiger charge is -2.35. The zero-order chi connectivity index (χ0) is 14.7. The fourth-order valence-corrected chi connectivity index (χ4v) is 2.70. The highest BCUT2D eigenvalue weighted by molar-refractivity contribution is 5.92. The number of rotatable bonds is 3. The Morgan fingerprint density at radius 3 is 2.80 bits per heavy atom. The Hall–Kier alpha value is -1.39. The Balaban J connectivity index is 1.90. The Morgan fingerprint density at radius 2 is 2.15 bits per heavy atom.